The van der Waals surface area contributed by atoms with Gasteiger partial charge in [-0.25, -0.2) is 0 Å². The minimum atomic E-state index is -4.36. The summed E-state index contributed by atoms with van der Waals surface area (Å²) in [5.41, 5.74) is 0.441. The summed E-state index contributed by atoms with van der Waals surface area (Å²) in [4.78, 5) is -0.138. The first-order valence-corrected chi connectivity index (χ1v) is 10.9. The fourth-order valence-electron chi connectivity index (χ4n) is 3.05. The van der Waals surface area contributed by atoms with Gasteiger partial charge in [0.05, 0.1) is 0 Å². The molecule has 0 atom stereocenters. The predicted octanol–water partition coefficient (Wildman–Crippen LogP) is 5.72. The molecule has 0 unspecified atom stereocenters. The Balaban J connectivity index is 2.15. The molecule has 148 valence electrons. The van der Waals surface area contributed by atoms with E-state index in [9.17, 15) is 18.1 Å². The van der Waals surface area contributed by atoms with Crippen molar-refractivity contribution in [3.8, 4) is 17.2 Å². The number of phenols is 1. The van der Waals surface area contributed by atoms with Gasteiger partial charge in [-0.15, -0.1) is 0 Å². The van der Waals surface area contributed by atoms with Crippen molar-refractivity contribution in [1.29, 1.82) is 0 Å². The second kappa shape index (κ2) is 10.3. The molecule has 0 aliphatic heterocycles. The van der Waals surface area contributed by atoms with Crippen LogP contribution in [0, 0.1) is 0 Å². The molecule has 0 heterocycles. The van der Waals surface area contributed by atoms with E-state index in [1.807, 2.05) is 0 Å². The van der Waals surface area contributed by atoms with Crippen LogP contribution >= 0.6 is 0 Å². The Bertz CT molecular complexity index is 830. The van der Waals surface area contributed by atoms with Gasteiger partial charge >= 0.3 is 0 Å². The van der Waals surface area contributed by atoms with Crippen LogP contribution in [0.5, 0.6) is 17.2 Å². The lowest BCUT2D eigenvalue weighted by atomic mass is 10.0. The maximum absolute atomic E-state index is 11.8. The second-order valence-electron chi connectivity index (χ2n) is 6.65. The number of para-hydroxylation sites is 2. The molecule has 2 aromatic carbocycles. The van der Waals surface area contributed by atoms with Crippen LogP contribution in [0.15, 0.2) is 47.4 Å². The zero-order valence-corrected chi connectivity index (χ0v) is 16.5. The molecule has 0 aliphatic rings. The Hall–Kier alpha value is -2.05. The Morgan fingerprint density at radius 3 is 2.15 bits per heavy atom. The largest absolute Gasteiger partial charge is 0.504 e. The monoisotopic (exact) mass is 392 g/mol. The van der Waals surface area contributed by atoms with Crippen LogP contribution in [0.3, 0.4) is 0 Å². The predicted molar refractivity (Wildman–Crippen MR) is 106 cm³/mol. The number of phenolic OH excluding ortho intramolecular Hbond substituents is 1. The first-order valence-electron chi connectivity index (χ1n) is 9.48. The fraction of sp³-hybridized carbons (Fsp3) is 0.429. The van der Waals surface area contributed by atoms with Crippen LogP contribution in [0.25, 0.3) is 0 Å². The van der Waals surface area contributed by atoms with Gasteiger partial charge in [-0.05, 0) is 37.1 Å². The molecule has 2 N–H and O–H groups in total. The Kier molecular flexibility index (Phi) is 8.13. The summed E-state index contributed by atoms with van der Waals surface area (Å²) < 4.78 is 38.9. The quantitative estimate of drug-likeness (QED) is 0.377. The molecular weight excluding hydrogens is 364 g/mol. The number of hydrogen-bond acceptors (Lipinski definition) is 4. The third-order valence-electron chi connectivity index (χ3n) is 4.48. The average molecular weight is 393 g/mol. The summed E-state index contributed by atoms with van der Waals surface area (Å²) in [7, 11) is -4.36. The van der Waals surface area contributed by atoms with Crippen LogP contribution in [-0.4, -0.2) is 18.1 Å². The van der Waals surface area contributed by atoms with Gasteiger partial charge in [-0.1, -0.05) is 63.6 Å². The molecular formula is C21H28O5S. The summed E-state index contributed by atoms with van der Waals surface area (Å²) in [5, 5.41) is 9.92. The lowest BCUT2D eigenvalue weighted by Crippen LogP contribution is -2.05. The van der Waals surface area contributed by atoms with E-state index >= 15 is 0 Å². The van der Waals surface area contributed by atoms with Gasteiger partial charge < -0.3 is 9.84 Å². The molecule has 0 saturated carbocycles. The molecule has 6 heteroatoms. The Labute approximate surface area is 161 Å². The van der Waals surface area contributed by atoms with Crippen molar-refractivity contribution in [1.82, 2.24) is 0 Å². The molecule has 2 aromatic rings. The molecule has 2 rings (SSSR count). The molecule has 0 amide bonds. The smallest absolute Gasteiger partial charge is 0.294 e. The van der Waals surface area contributed by atoms with Crippen molar-refractivity contribution in [3.63, 3.8) is 0 Å². The van der Waals surface area contributed by atoms with Crippen molar-refractivity contribution in [2.24, 2.45) is 0 Å². The van der Waals surface area contributed by atoms with Crippen molar-refractivity contribution >= 4 is 10.1 Å². The lowest BCUT2D eigenvalue weighted by Gasteiger charge is -2.15. The molecule has 0 aromatic heterocycles. The minimum Gasteiger partial charge on any atom is -0.504 e. The van der Waals surface area contributed by atoms with Crippen LogP contribution in [0.1, 0.15) is 57.4 Å². The highest BCUT2D eigenvalue weighted by Gasteiger charge is 2.20. The van der Waals surface area contributed by atoms with Crippen molar-refractivity contribution < 1.29 is 22.8 Å². The minimum absolute atomic E-state index is 0.0309. The van der Waals surface area contributed by atoms with E-state index in [0.717, 1.165) is 19.3 Å². The van der Waals surface area contributed by atoms with E-state index in [0.29, 0.717) is 17.7 Å². The van der Waals surface area contributed by atoms with Gasteiger partial charge in [0.1, 0.15) is 10.6 Å². The summed E-state index contributed by atoms with van der Waals surface area (Å²) in [6, 6.07) is 11.0. The topological polar surface area (TPSA) is 83.8 Å². The van der Waals surface area contributed by atoms with Crippen LogP contribution in [0.2, 0.25) is 0 Å². The Morgan fingerprint density at radius 2 is 1.48 bits per heavy atom. The van der Waals surface area contributed by atoms with E-state index < -0.39 is 10.1 Å². The second-order valence-corrected chi connectivity index (χ2v) is 8.04. The number of rotatable bonds is 11. The number of hydrogen-bond donors (Lipinski definition) is 2. The fourth-order valence-corrected chi connectivity index (χ4v) is 3.81. The van der Waals surface area contributed by atoms with Gasteiger partial charge in [0.25, 0.3) is 10.1 Å². The van der Waals surface area contributed by atoms with Gasteiger partial charge in [0, 0.05) is 5.56 Å². The number of benzene rings is 2. The SMILES string of the molecule is CCCCCCCCCc1c(Oc2ccccc2O)cccc1S(=O)(=O)O. The van der Waals surface area contributed by atoms with Gasteiger partial charge in [-0.3, -0.25) is 4.55 Å². The van der Waals surface area contributed by atoms with Gasteiger partial charge in [0.2, 0.25) is 0 Å². The highest BCUT2D eigenvalue weighted by atomic mass is 32.2. The van der Waals surface area contributed by atoms with Crippen molar-refractivity contribution in [3.05, 3.63) is 48.0 Å². The molecule has 0 fully saturated rings. The van der Waals surface area contributed by atoms with E-state index in [2.05, 4.69) is 6.92 Å². The molecule has 0 spiro atoms. The zero-order chi connectivity index (χ0) is 19.7. The van der Waals surface area contributed by atoms with Crippen LogP contribution < -0.4 is 4.74 Å². The summed E-state index contributed by atoms with van der Waals surface area (Å²) >= 11 is 0. The molecule has 5 nitrogen and oxygen atoms in total. The first-order chi connectivity index (χ1) is 12.9. The highest BCUT2D eigenvalue weighted by Crippen LogP contribution is 2.35. The average Bonchev–Trinajstić information content (AvgIpc) is 2.63. The maximum atomic E-state index is 11.8. The number of unbranched alkanes of at least 4 members (excludes halogenated alkanes) is 6. The number of ether oxygens (including phenoxy) is 1. The summed E-state index contributed by atoms with van der Waals surface area (Å²) in [6.07, 6.45) is 8.21. The lowest BCUT2D eigenvalue weighted by molar-refractivity contribution is 0.407. The van der Waals surface area contributed by atoms with Gasteiger partial charge in [-0.2, -0.15) is 8.42 Å². The molecule has 0 bridgehead atoms. The normalized spacial score (nSPS) is 11.5. The summed E-state index contributed by atoms with van der Waals surface area (Å²) in [6.45, 7) is 2.18. The van der Waals surface area contributed by atoms with Crippen LogP contribution in [-0.2, 0) is 16.5 Å². The van der Waals surface area contributed by atoms with E-state index in [-0.39, 0.29) is 16.4 Å². The maximum Gasteiger partial charge on any atom is 0.294 e. The summed E-state index contributed by atoms with van der Waals surface area (Å²) in [5.74, 6) is 0.542. The highest BCUT2D eigenvalue weighted by molar-refractivity contribution is 7.85. The molecule has 0 aliphatic carbocycles. The van der Waals surface area contributed by atoms with Crippen LogP contribution in [0.4, 0.5) is 0 Å². The zero-order valence-electron chi connectivity index (χ0n) is 15.7. The standard InChI is InChI=1S/C21H28O5S/c1-2-3-4-5-6-7-8-12-17-19(15-11-16-21(17)27(23,24)25)26-20-14-10-9-13-18(20)22/h9-11,13-16,22H,2-8,12H2,1H3,(H,23,24,25). The van der Waals surface area contributed by atoms with Gasteiger partial charge in [0.15, 0.2) is 11.5 Å². The molecule has 27 heavy (non-hydrogen) atoms. The first kappa shape index (κ1) is 21.3. The van der Waals surface area contributed by atoms with E-state index in [1.54, 1.807) is 24.3 Å². The van der Waals surface area contributed by atoms with Crippen molar-refractivity contribution in [2.75, 3.05) is 0 Å². The van der Waals surface area contributed by atoms with Crippen molar-refractivity contribution in [2.45, 2.75) is 63.2 Å². The Morgan fingerprint density at radius 1 is 0.852 bits per heavy atom. The third-order valence-corrected chi connectivity index (χ3v) is 5.42. The third kappa shape index (κ3) is 6.56. The van der Waals surface area contributed by atoms with E-state index in [4.69, 9.17) is 4.74 Å². The number of aromatic hydroxyl groups is 1. The molecule has 0 radical (unpaired) electrons. The van der Waals surface area contributed by atoms with E-state index in [1.165, 1.54) is 43.9 Å². The molecule has 0 saturated heterocycles.